The van der Waals surface area contributed by atoms with Crippen LogP contribution in [-0.4, -0.2) is 25.4 Å². The van der Waals surface area contributed by atoms with Crippen molar-refractivity contribution in [3.63, 3.8) is 0 Å². The van der Waals surface area contributed by atoms with Gasteiger partial charge in [-0.15, -0.1) is 0 Å². The molecule has 0 saturated carbocycles. The van der Waals surface area contributed by atoms with Gasteiger partial charge in [0.1, 0.15) is 5.82 Å². The van der Waals surface area contributed by atoms with Gasteiger partial charge in [0.05, 0.1) is 5.56 Å². The minimum Gasteiger partial charge on any atom is -0.355 e. The maximum Gasteiger partial charge on any atom is 0.253 e. The topological polar surface area (TPSA) is 58.2 Å². The molecule has 0 saturated heterocycles. The van der Waals surface area contributed by atoms with Crippen molar-refractivity contribution >= 4 is 11.8 Å². The number of carbonyl (C=O) groups is 2. The van der Waals surface area contributed by atoms with Crippen LogP contribution in [0.1, 0.15) is 43.0 Å². The summed E-state index contributed by atoms with van der Waals surface area (Å²) in [5.41, 5.74) is 4.62. The highest BCUT2D eigenvalue weighted by atomic mass is 19.1. The molecule has 3 rings (SSSR count). The molecule has 2 aromatic carbocycles. The maximum absolute atomic E-state index is 14.1. The van der Waals surface area contributed by atoms with Gasteiger partial charge in [-0.3, -0.25) is 9.59 Å². The van der Waals surface area contributed by atoms with Crippen molar-refractivity contribution in [2.75, 3.05) is 13.6 Å². The van der Waals surface area contributed by atoms with Crippen LogP contribution in [0.25, 0.3) is 0 Å². The van der Waals surface area contributed by atoms with Crippen LogP contribution in [0.2, 0.25) is 0 Å². The number of hydrogen-bond donors (Lipinski definition) is 2. The number of carbonyl (C=O) groups excluding carboxylic acids is 2. The number of rotatable bonds is 3. The fraction of sp³-hybridized carbons (Fsp3) is 0.263. The van der Waals surface area contributed by atoms with E-state index in [1.165, 1.54) is 19.2 Å². The van der Waals surface area contributed by atoms with Crippen LogP contribution in [0.4, 0.5) is 4.39 Å². The van der Waals surface area contributed by atoms with E-state index >= 15 is 0 Å². The van der Waals surface area contributed by atoms with Crippen molar-refractivity contribution in [2.24, 2.45) is 0 Å². The van der Waals surface area contributed by atoms with Gasteiger partial charge in [-0.05, 0) is 60.2 Å². The molecule has 0 aromatic heterocycles. The molecule has 0 aliphatic carbocycles. The van der Waals surface area contributed by atoms with Crippen molar-refractivity contribution < 1.29 is 14.0 Å². The highest BCUT2D eigenvalue weighted by molar-refractivity contribution is 5.97. The standard InChI is InChI=1S/C19H19FN2O2/c1-11-7-13(9-16-14(11)5-6-22-19(16)24)8-12-3-4-15(17(20)10-12)18(23)21-2/h3-4,7,9-10H,5-6,8H2,1-2H3,(H,21,23)(H,22,24). The smallest absolute Gasteiger partial charge is 0.253 e. The average molecular weight is 326 g/mol. The molecule has 2 amide bonds. The molecule has 0 atom stereocenters. The SMILES string of the molecule is CNC(=O)c1ccc(Cc2cc(C)c3c(c2)C(=O)NCC3)cc1F. The van der Waals surface area contributed by atoms with E-state index in [-0.39, 0.29) is 11.5 Å². The highest BCUT2D eigenvalue weighted by Crippen LogP contribution is 2.23. The first-order chi connectivity index (χ1) is 11.5. The number of amides is 2. The first kappa shape index (κ1) is 16.2. The molecule has 4 nitrogen and oxygen atoms in total. The summed E-state index contributed by atoms with van der Waals surface area (Å²) in [5.74, 6) is -1.04. The zero-order valence-electron chi connectivity index (χ0n) is 13.7. The minimum absolute atomic E-state index is 0.0299. The summed E-state index contributed by atoms with van der Waals surface area (Å²) < 4.78 is 14.1. The van der Waals surface area contributed by atoms with E-state index in [0.29, 0.717) is 18.5 Å². The molecule has 0 radical (unpaired) electrons. The fourth-order valence-corrected chi connectivity index (χ4v) is 3.15. The second-order valence-corrected chi connectivity index (χ2v) is 6.01. The van der Waals surface area contributed by atoms with E-state index in [9.17, 15) is 14.0 Å². The van der Waals surface area contributed by atoms with Gasteiger partial charge in [-0.2, -0.15) is 0 Å². The minimum atomic E-state index is -0.542. The summed E-state index contributed by atoms with van der Waals surface area (Å²) in [4.78, 5) is 23.6. The van der Waals surface area contributed by atoms with Crippen LogP contribution >= 0.6 is 0 Å². The molecule has 2 aromatic rings. The lowest BCUT2D eigenvalue weighted by atomic mass is 9.91. The molecule has 24 heavy (non-hydrogen) atoms. The highest BCUT2D eigenvalue weighted by Gasteiger charge is 2.19. The third-order valence-corrected chi connectivity index (χ3v) is 4.35. The number of nitrogens with one attached hydrogen (secondary N) is 2. The molecule has 1 aliphatic heterocycles. The van der Waals surface area contributed by atoms with Gasteiger partial charge >= 0.3 is 0 Å². The number of aryl methyl sites for hydroxylation is 1. The van der Waals surface area contributed by atoms with Gasteiger partial charge in [0.25, 0.3) is 11.8 Å². The Labute approximate surface area is 140 Å². The van der Waals surface area contributed by atoms with Crippen LogP contribution in [0.5, 0.6) is 0 Å². The number of hydrogen-bond acceptors (Lipinski definition) is 2. The lowest BCUT2D eigenvalue weighted by Gasteiger charge is -2.20. The Bertz CT molecular complexity index is 830. The van der Waals surface area contributed by atoms with Gasteiger partial charge in [-0.25, -0.2) is 4.39 Å². The largest absolute Gasteiger partial charge is 0.355 e. The maximum atomic E-state index is 14.1. The predicted octanol–water partition coefficient (Wildman–Crippen LogP) is 2.37. The van der Waals surface area contributed by atoms with Gasteiger partial charge in [0, 0.05) is 19.2 Å². The lowest BCUT2D eigenvalue weighted by molar-refractivity contribution is 0.0941. The number of fused-ring (bicyclic) bond motifs is 1. The van der Waals surface area contributed by atoms with E-state index in [1.807, 2.05) is 19.1 Å². The molecule has 2 N–H and O–H groups in total. The van der Waals surface area contributed by atoms with E-state index in [0.717, 1.165) is 28.7 Å². The Balaban J connectivity index is 1.90. The van der Waals surface area contributed by atoms with E-state index in [4.69, 9.17) is 0 Å². The number of halogens is 1. The van der Waals surface area contributed by atoms with Crippen molar-refractivity contribution in [3.8, 4) is 0 Å². The summed E-state index contributed by atoms with van der Waals surface area (Å²) in [5, 5.41) is 5.26. The molecular weight excluding hydrogens is 307 g/mol. The third-order valence-electron chi connectivity index (χ3n) is 4.35. The van der Waals surface area contributed by atoms with Crippen LogP contribution in [0.15, 0.2) is 30.3 Å². The van der Waals surface area contributed by atoms with Crippen LogP contribution in [-0.2, 0) is 12.8 Å². The Morgan fingerprint density at radius 2 is 2.04 bits per heavy atom. The summed E-state index contributed by atoms with van der Waals surface area (Å²) in [7, 11) is 1.47. The zero-order valence-corrected chi connectivity index (χ0v) is 13.7. The third kappa shape index (κ3) is 3.02. The predicted molar refractivity (Wildman–Crippen MR) is 89.8 cm³/mol. The fourth-order valence-electron chi connectivity index (χ4n) is 3.15. The van der Waals surface area contributed by atoms with Crippen LogP contribution in [0, 0.1) is 12.7 Å². The van der Waals surface area contributed by atoms with Gasteiger partial charge < -0.3 is 10.6 Å². The molecular formula is C19H19FN2O2. The quantitative estimate of drug-likeness (QED) is 0.910. The van der Waals surface area contributed by atoms with Crippen molar-refractivity contribution in [2.45, 2.75) is 19.8 Å². The van der Waals surface area contributed by atoms with Gasteiger partial charge in [0.2, 0.25) is 0 Å². The Hall–Kier alpha value is -2.69. The summed E-state index contributed by atoms with van der Waals surface area (Å²) in [6, 6.07) is 8.52. The van der Waals surface area contributed by atoms with Crippen molar-refractivity contribution in [1.82, 2.24) is 10.6 Å². The Kier molecular flexibility index (Phi) is 4.34. The monoisotopic (exact) mass is 326 g/mol. The second-order valence-electron chi connectivity index (χ2n) is 6.01. The molecule has 0 fully saturated rings. The summed E-state index contributed by atoms with van der Waals surface area (Å²) in [6.45, 7) is 2.66. The average Bonchev–Trinajstić information content (AvgIpc) is 2.55. The molecule has 0 unspecified atom stereocenters. The molecule has 1 heterocycles. The molecule has 0 spiro atoms. The number of benzene rings is 2. The summed E-state index contributed by atoms with van der Waals surface area (Å²) in [6.07, 6.45) is 1.34. The van der Waals surface area contributed by atoms with Gasteiger partial charge in [0.15, 0.2) is 0 Å². The van der Waals surface area contributed by atoms with Crippen LogP contribution in [0.3, 0.4) is 0 Å². The first-order valence-corrected chi connectivity index (χ1v) is 7.90. The Morgan fingerprint density at radius 1 is 1.25 bits per heavy atom. The zero-order chi connectivity index (χ0) is 17.3. The van der Waals surface area contributed by atoms with E-state index in [1.54, 1.807) is 6.07 Å². The van der Waals surface area contributed by atoms with E-state index in [2.05, 4.69) is 10.6 Å². The molecule has 1 aliphatic rings. The first-order valence-electron chi connectivity index (χ1n) is 7.90. The summed E-state index contributed by atoms with van der Waals surface area (Å²) >= 11 is 0. The van der Waals surface area contributed by atoms with Crippen molar-refractivity contribution in [3.05, 3.63) is 69.5 Å². The van der Waals surface area contributed by atoms with Crippen LogP contribution < -0.4 is 10.6 Å². The molecule has 124 valence electrons. The lowest BCUT2D eigenvalue weighted by Crippen LogP contribution is -2.32. The van der Waals surface area contributed by atoms with Crippen molar-refractivity contribution in [1.29, 1.82) is 0 Å². The van der Waals surface area contributed by atoms with Gasteiger partial charge in [-0.1, -0.05) is 12.1 Å². The molecule has 5 heteroatoms. The second kappa shape index (κ2) is 6.43. The normalized spacial score (nSPS) is 13.2. The molecule has 0 bridgehead atoms. The van der Waals surface area contributed by atoms with E-state index < -0.39 is 11.7 Å². The Morgan fingerprint density at radius 3 is 2.75 bits per heavy atom.